The zero-order chi connectivity index (χ0) is 14.0. The van der Waals surface area contributed by atoms with Crippen molar-refractivity contribution in [3.05, 3.63) is 47.1 Å². The molecule has 1 heterocycles. The van der Waals surface area contributed by atoms with Crippen molar-refractivity contribution >= 4 is 0 Å². The first-order chi connectivity index (χ1) is 8.90. The molecule has 1 N–H and O–H groups in total. The van der Waals surface area contributed by atoms with Crippen molar-refractivity contribution in [2.45, 2.75) is 12.5 Å². The Labute approximate surface area is 104 Å². The van der Waals surface area contributed by atoms with E-state index in [-0.39, 0.29) is 0 Å². The van der Waals surface area contributed by atoms with E-state index in [0.29, 0.717) is 5.69 Å². The van der Waals surface area contributed by atoms with E-state index < -0.39 is 24.0 Å². The maximum absolute atomic E-state index is 12.6. The molecule has 0 atom stereocenters. The van der Waals surface area contributed by atoms with E-state index in [1.807, 2.05) is 0 Å². The molecule has 0 amide bonds. The number of imidazole rings is 1. The van der Waals surface area contributed by atoms with Crippen molar-refractivity contribution in [3.8, 4) is 11.4 Å². The molecule has 0 bridgehead atoms. The average molecular weight is 276 g/mol. The molecule has 0 aliphatic heterocycles. The summed E-state index contributed by atoms with van der Waals surface area (Å²) in [5.41, 5.74) is -0.0226. The Balaban J connectivity index is 2.20. The van der Waals surface area contributed by atoms with E-state index in [0.717, 1.165) is 12.1 Å². The van der Waals surface area contributed by atoms with E-state index in [9.17, 15) is 22.4 Å². The van der Waals surface area contributed by atoms with Gasteiger partial charge in [0.15, 0.2) is 0 Å². The molecule has 0 fully saturated rings. The van der Waals surface area contributed by atoms with Crippen LogP contribution in [0, 0.1) is 0 Å². The van der Waals surface area contributed by atoms with Crippen molar-refractivity contribution in [1.82, 2.24) is 9.55 Å². The Kier molecular flexibility index (Phi) is 3.32. The van der Waals surface area contributed by atoms with Gasteiger partial charge in [-0.25, -0.2) is 4.79 Å². The second kappa shape index (κ2) is 4.79. The van der Waals surface area contributed by atoms with Crippen molar-refractivity contribution in [3.63, 3.8) is 0 Å². The first kappa shape index (κ1) is 13.2. The standard InChI is InChI=1S/C11H8F4N2O2/c12-9(13)11(14,15)19-8-3-1-7(2-4-8)17-6-5-16-10(17)18/h1-6,9H,(H,16,18). The molecular weight excluding hydrogens is 268 g/mol. The third-order valence-electron chi connectivity index (χ3n) is 2.27. The predicted molar refractivity (Wildman–Crippen MR) is 58.0 cm³/mol. The number of nitrogens with one attached hydrogen (secondary N) is 1. The second-order valence-electron chi connectivity index (χ2n) is 3.59. The van der Waals surface area contributed by atoms with Crippen LogP contribution in [-0.2, 0) is 0 Å². The van der Waals surface area contributed by atoms with E-state index in [1.54, 1.807) is 0 Å². The summed E-state index contributed by atoms with van der Waals surface area (Å²) in [6.07, 6.45) is -5.63. The third-order valence-corrected chi connectivity index (χ3v) is 2.27. The van der Waals surface area contributed by atoms with Crippen molar-refractivity contribution in [1.29, 1.82) is 0 Å². The summed E-state index contributed by atoms with van der Waals surface area (Å²) in [5, 5.41) is 0. The molecule has 0 aliphatic rings. The molecular formula is C11H8F4N2O2. The van der Waals surface area contributed by atoms with Gasteiger partial charge in [-0.3, -0.25) is 4.57 Å². The van der Waals surface area contributed by atoms with Gasteiger partial charge in [0.2, 0.25) is 0 Å². The highest BCUT2D eigenvalue weighted by Crippen LogP contribution is 2.27. The first-order valence-corrected chi connectivity index (χ1v) is 5.11. The lowest BCUT2D eigenvalue weighted by molar-refractivity contribution is -0.253. The van der Waals surface area contributed by atoms with Crippen LogP contribution in [0.2, 0.25) is 0 Å². The monoisotopic (exact) mass is 276 g/mol. The second-order valence-corrected chi connectivity index (χ2v) is 3.59. The number of ether oxygens (including phenoxy) is 1. The van der Waals surface area contributed by atoms with Crippen LogP contribution in [0.15, 0.2) is 41.5 Å². The Hall–Kier alpha value is -2.25. The van der Waals surface area contributed by atoms with Gasteiger partial charge >= 0.3 is 18.2 Å². The van der Waals surface area contributed by atoms with Gasteiger partial charge in [-0.15, -0.1) is 0 Å². The normalized spacial score (nSPS) is 11.8. The number of alkyl halides is 4. The van der Waals surface area contributed by atoms with Gasteiger partial charge < -0.3 is 9.72 Å². The molecule has 1 aromatic heterocycles. The van der Waals surface area contributed by atoms with Crippen LogP contribution < -0.4 is 10.4 Å². The number of aromatic nitrogens is 2. The summed E-state index contributed by atoms with van der Waals surface area (Å²) in [5.74, 6) is -0.419. The lowest BCUT2D eigenvalue weighted by atomic mass is 10.3. The van der Waals surface area contributed by atoms with E-state index in [4.69, 9.17) is 0 Å². The Morgan fingerprint density at radius 3 is 2.32 bits per heavy atom. The van der Waals surface area contributed by atoms with Gasteiger partial charge in [0, 0.05) is 12.4 Å². The minimum Gasteiger partial charge on any atom is -0.428 e. The summed E-state index contributed by atoms with van der Waals surface area (Å²) in [4.78, 5) is 13.7. The summed E-state index contributed by atoms with van der Waals surface area (Å²) >= 11 is 0. The smallest absolute Gasteiger partial charge is 0.428 e. The lowest BCUT2D eigenvalue weighted by Gasteiger charge is -2.16. The largest absolute Gasteiger partial charge is 0.461 e. The van der Waals surface area contributed by atoms with Gasteiger partial charge in [0.1, 0.15) is 5.75 Å². The van der Waals surface area contributed by atoms with Crippen LogP contribution in [-0.4, -0.2) is 22.1 Å². The fourth-order valence-electron chi connectivity index (χ4n) is 1.40. The number of hydrogen-bond acceptors (Lipinski definition) is 2. The molecule has 2 rings (SSSR count). The zero-order valence-corrected chi connectivity index (χ0v) is 9.32. The highest BCUT2D eigenvalue weighted by atomic mass is 19.3. The summed E-state index contributed by atoms with van der Waals surface area (Å²) in [6, 6.07) is 4.74. The number of benzene rings is 1. The van der Waals surface area contributed by atoms with Gasteiger partial charge in [0.05, 0.1) is 5.69 Å². The van der Waals surface area contributed by atoms with Crippen LogP contribution in [0.4, 0.5) is 17.6 Å². The molecule has 0 saturated carbocycles. The Bertz CT molecular complexity index is 604. The van der Waals surface area contributed by atoms with Crippen LogP contribution in [0.3, 0.4) is 0 Å². The number of aromatic amines is 1. The molecule has 102 valence electrons. The topological polar surface area (TPSA) is 47.0 Å². The van der Waals surface area contributed by atoms with Crippen LogP contribution >= 0.6 is 0 Å². The molecule has 19 heavy (non-hydrogen) atoms. The number of hydrogen-bond donors (Lipinski definition) is 1. The Morgan fingerprint density at radius 1 is 1.21 bits per heavy atom. The van der Waals surface area contributed by atoms with Gasteiger partial charge in [-0.05, 0) is 24.3 Å². The average Bonchev–Trinajstić information content (AvgIpc) is 2.76. The van der Waals surface area contributed by atoms with Gasteiger partial charge in [-0.2, -0.15) is 17.6 Å². The first-order valence-electron chi connectivity index (χ1n) is 5.11. The molecule has 0 spiro atoms. The highest BCUT2D eigenvalue weighted by molar-refractivity contribution is 5.37. The fourth-order valence-corrected chi connectivity index (χ4v) is 1.40. The molecule has 4 nitrogen and oxygen atoms in total. The molecule has 2 aromatic rings. The minimum atomic E-state index is -4.55. The van der Waals surface area contributed by atoms with Gasteiger partial charge in [0.25, 0.3) is 0 Å². The fraction of sp³-hybridized carbons (Fsp3) is 0.182. The number of halogens is 4. The maximum atomic E-state index is 12.6. The van der Waals surface area contributed by atoms with Crippen LogP contribution in [0.25, 0.3) is 5.69 Å². The summed E-state index contributed by atoms with van der Waals surface area (Å²) in [7, 11) is 0. The Morgan fingerprint density at radius 2 is 1.84 bits per heavy atom. The maximum Gasteiger partial charge on any atom is 0.461 e. The summed E-state index contributed by atoms with van der Waals surface area (Å²) < 4.78 is 54.2. The summed E-state index contributed by atoms with van der Waals surface area (Å²) in [6.45, 7) is 0. The van der Waals surface area contributed by atoms with E-state index >= 15 is 0 Å². The lowest BCUT2D eigenvalue weighted by Crippen LogP contribution is -2.33. The number of H-pyrrole nitrogens is 1. The molecule has 8 heteroatoms. The number of rotatable bonds is 4. The molecule has 0 aliphatic carbocycles. The van der Waals surface area contributed by atoms with E-state index in [2.05, 4.69) is 9.72 Å². The van der Waals surface area contributed by atoms with Crippen molar-refractivity contribution in [2.24, 2.45) is 0 Å². The quantitative estimate of drug-likeness (QED) is 0.872. The SMILES string of the molecule is O=c1[nH]ccn1-c1ccc(OC(F)(F)C(F)F)cc1. The van der Waals surface area contributed by atoms with Crippen molar-refractivity contribution in [2.75, 3.05) is 0 Å². The zero-order valence-electron chi connectivity index (χ0n) is 9.32. The third kappa shape index (κ3) is 2.78. The molecule has 0 radical (unpaired) electrons. The van der Waals surface area contributed by atoms with Crippen LogP contribution in [0.5, 0.6) is 5.75 Å². The molecule has 1 aromatic carbocycles. The van der Waals surface area contributed by atoms with E-state index in [1.165, 1.54) is 29.1 Å². The van der Waals surface area contributed by atoms with Crippen molar-refractivity contribution < 1.29 is 22.3 Å². The molecule has 0 unspecified atom stereocenters. The highest BCUT2D eigenvalue weighted by Gasteiger charge is 2.43. The predicted octanol–water partition coefficient (Wildman–Crippen LogP) is 2.40. The van der Waals surface area contributed by atoms with Crippen LogP contribution in [0.1, 0.15) is 0 Å². The minimum absolute atomic E-state index is 0.388. The molecule has 0 saturated heterocycles. The van der Waals surface area contributed by atoms with Gasteiger partial charge in [-0.1, -0.05) is 0 Å². The number of nitrogens with zero attached hydrogens (tertiary/aromatic N) is 1.